The smallest absolute Gasteiger partial charge is 0.303 e. The minimum atomic E-state index is -0.923. The fourth-order valence-electron chi connectivity index (χ4n) is 1.77. The molecule has 0 spiro atoms. The molecule has 1 aromatic rings. The molecule has 120 valence electrons. The molecule has 0 aromatic heterocycles. The third-order valence-electron chi connectivity index (χ3n) is 2.69. The van der Waals surface area contributed by atoms with Crippen LogP contribution >= 0.6 is 0 Å². The number of nitrogens with one attached hydrogen (secondary N) is 2. The Kier molecular flexibility index (Phi) is 6.10. The van der Waals surface area contributed by atoms with Gasteiger partial charge < -0.3 is 15.7 Å². The molecule has 6 nitrogen and oxygen atoms in total. The van der Waals surface area contributed by atoms with Crippen LogP contribution in [-0.2, 0) is 9.59 Å². The Morgan fingerprint density at radius 2 is 1.82 bits per heavy atom. The van der Waals surface area contributed by atoms with E-state index in [0.717, 1.165) is 0 Å². The molecule has 1 rings (SSSR count). The van der Waals surface area contributed by atoms with E-state index in [4.69, 9.17) is 5.11 Å². The molecule has 0 saturated carbocycles. The quantitative estimate of drug-likeness (QED) is 0.752. The predicted molar refractivity (Wildman–Crippen MR) is 83.8 cm³/mol. The first-order chi connectivity index (χ1) is 10.2. The van der Waals surface area contributed by atoms with Gasteiger partial charge in [0.25, 0.3) is 5.91 Å². The number of rotatable bonds is 6. The van der Waals surface area contributed by atoms with E-state index in [2.05, 4.69) is 10.6 Å². The lowest BCUT2D eigenvalue weighted by molar-refractivity contribution is -0.137. The largest absolute Gasteiger partial charge is 0.481 e. The maximum Gasteiger partial charge on any atom is 0.303 e. The molecule has 2 amide bonds. The highest BCUT2D eigenvalue weighted by Gasteiger charge is 2.15. The van der Waals surface area contributed by atoms with Gasteiger partial charge in [0.05, 0.1) is 0 Å². The number of aliphatic carboxylic acids is 1. The average molecular weight is 306 g/mol. The number of hydrogen-bond acceptors (Lipinski definition) is 3. The van der Waals surface area contributed by atoms with Crippen LogP contribution < -0.4 is 10.6 Å². The van der Waals surface area contributed by atoms with Crippen molar-refractivity contribution >= 4 is 23.5 Å². The zero-order valence-corrected chi connectivity index (χ0v) is 13.1. The van der Waals surface area contributed by atoms with Crippen molar-refractivity contribution in [1.29, 1.82) is 0 Å². The average Bonchev–Trinajstić information content (AvgIpc) is 2.36. The molecule has 0 unspecified atom stereocenters. The Morgan fingerprint density at radius 1 is 1.14 bits per heavy atom. The summed E-state index contributed by atoms with van der Waals surface area (Å²) < 4.78 is 0. The van der Waals surface area contributed by atoms with Gasteiger partial charge in [-0.15, -0.1) is 0 Å². The number of benzene rings is 1. The van der Waals surface area contributed by atoms with Crippen LogP contribution in [0.3, 0.4) is 0 Å². The maximum absolute atomic E-state index is 12.1. The van der Waals surface area contributed by atoms with Gasteiger partial charge in [0.1, 0.15) is 0 Å². The lowest BCUT2D eigenvalue weighted by Gasteiger charge is -2.20. The fourth-order valence-corrected chi connectivity index (χ4v) is 1.77. The van der Waals surface area contributed by atoms with Gasteiger partial charge in [0.2, 0.25) is 5.91 Å². The van der Waals surface area contributed by atoms with Crippen molar-refractivity contribution in [3.8, 4) is 0 Å². The van der Waals surface area contributed by atoms with Gasteiger partial charge in [0.15, 0.2) is 0 Å². The minimum Gasteiger partial charge on any atom is -0.481 e. The van der Waals surface area contributed by atoms with E-state index in [1.807, 2.05) is 20.8 Å². The molecule has 0 radical (unpaired) electrons. The lowest BCUT2D eigenvalue weighted by atomic mass is 10.1. The molecule has 1 aromatic carbocycles. The summed E-state index contributed by atoms with van der Waals surface area (Å²) in [5.41, 5.74) is 0.632. The van der Waals surface area contributed by atoms with Gasteiger partial charge in [-0.1, -0.05) is 6.07 Å². The first-order valence-corrected chi connectivity index (χ1v) is 7.11. The Bertz CT molecular complexity index is 562. The Balaban J connectivity index is 2.62. The van der Waals surface area contributed by atoms with E-state index in [-0.39, 0.29) is 36.6 Å². The van der Waals surface area contributed by atoms with Gasteiger partial charge in [-0.05, 0) is 45.4 Å². The van der Waals surface area contributed by atoms with Gasteiger partial charge >= 0.3 is 5.97 Å². The van der Waals surface area contributed by atoms with Crippen molar-refractivity contribution in [1.82, 2.24) is 5.32 Å². The van der Waals surface area contributed by atoms with Crippen LogP contribution in [0, 0.1) is 0 Å². The summed E-state index contributed by atoms with van der Waals surface area (Å²) in [6, 6.07) is 6.63. The topological polar surface area (TPSA) is 95.5 Å². The van der Waals surface area contributed by atoms with E-state index >= 15 is 0 Å². The number of carboxylic acids is 1. The number of hydrogen-bond donors (Lipinski definition) is 3. The third-order valence-corrected chi connectivity index (χ3v) is 2.69. The number of carbonyl (C=O) groups excluding carboxylic acids is 2. The number of anilines is 1. The Labute approximate surface area is 129 Å². The van der Waals surface area contributed by atoms with E-state index in [0.29, 0.717) is 11.3 Å². The van der Waals surface area contributed by atoms with Crippen LogP contribution in [0.4, 0.5) is 5.69 Å². The van der Waals surface area contributed by atoms with E-state index in [1.54, 1.807) is 24.3 Å². The summed E-state index contributed by atoms with van der Waals surface area (Å²) in [4.78, 5) is 34.2. The third kappa shape index (κ3) is 6.88. The highest BCUT2D eigenvalue weighted by molar-refractivity contribution is 5.97. The Hall–Kier alpha value is -2.37. The summed E-state index contributed by atoms with van der Waals surface area (Å²) in [5, 5.41) is 14.0. The molecule has 0 aliphatic rings. The number of carboxylic acid groups (broad SMARTS) is 1. The van der Waals surface area contributed by atoms with Crippen LogP contribution in [0.5, 0.6) is 0 Å². The molecule has 0 bridgehead atoms. The predicted octanol–water partition coefficient (Wildman–Crippen LogP) is 2.41. The fraction of sp³-hybridized carbons (Fsp3) is 0.438. The van der Waals surface area contributed by atoms with Crippen LogP contribution in [0.25, 0.3) is 0 Å². The van der Waals surface area contributed by atoms with Gasteiger partial charge in [-0.3, -0.25) is 14.4 Å². The lowest BCUT2D eigenvalue weighted by Crippen LogP contribution is -2.40. The molecule has 3 N–H and O–H groups in total. The zero-order chi connectivity index (χ0) is 16.8. The summed E-state index contributed by atoms with van der Waals surface area (Å²) in [7, 11) is 0. The van der Waals surface area contributed by atoms with E-state index < -0.39 is 5.97 Å². The molecule has 0 aliphatic carbocycles. The van der Waals surface area contributed by atoms with E-state index in [9.17, 15) is 14.4 Å². The molecule has 6 heteroatoms. The molecule has 22 heavy (non-hydrogen) atoms. The monoisotopic (exact) mass is 306 g/mol. The highest BCUT2D eigenvalue weighted by atomic mass is 16.4. The Morgan fingerprint density at radius 3 is 2.41 bits per heavy atom. The van der Waals surface area contributed by atoms with Crippen molar-refractivity contribution in [2.75, 3.05) is 5.32 Å². The van der Waals surface area contributed by atoms with Crippen LogP contribution in [0.2, 0.25) is 0 Å². The van der Waals surface area contributed by atoms with Gasteiger partial charge in [-0.2, -0.15) is 0 Å². The van der Waals surface area contributed by atoms with Crippen LogP contribution in [0.1, 0.15) is 50.4 Å². The first kappa shape index (κ1) is 17.7. The molecule has 0 atom stereocenters. The summed E-state index contributed by atoms with van der Waals surface area (Å²) in [6.45, 7) is 5.66. The normalized spacial score (nSPS) is 10.9. The molecular weight excluding hydrogens is 284 g/mol. The van der Waals surface area contributed by atoms with Crippen molar-refractivity contribution in [2.45, 2.75) is 45.6 Å². The highest BCUT2D eigenvalue weighted by Crippen LogP contribution is 2.13. The maximum atomic E-state index is 12.1. The van der Waals surface area contributed by atoms with Crippen LogP contribution in [0.15, 0.2) is 24.3 Å². The summed E-state index contributed by atoms with van der Waals surface area (Å²) in [6.07, 6.45) is 0.373. The number of amides is 2. The zero-order valence-electron chi connectivity index (χ0n) is 13.1. The van der Waals surface area contributed by atoms with Gasteiger partial charge in [-0.25, -0.2) is 0 Å². The standard InChI is InChI=1S/C16H22N2O4/c1-16(2,3)18-15(22)11-6-4-7-12(10-11)17-13(19)8-5-9-14(20)21/h4,6-7,10H,5,8-9H2,1-3H3,(H,17,19)(H,18,22)(H,20,21). The van der Waals surface area contributed by atoms with Crippen LogP contribution in [-0.4, -0.2) is 28.4 Å². The van der Waals surface area contributed by atoms with Crippen molar-refractivity contribution in [2.24, 2.45) is 0 Å². The van der Waals surface area contributed by atoms with E-state index in [1.165, 1.54) is 0 Å². The van der Waals surface area contributed by atoms with Gasteiger partial charge in [0, 0.05) is 29.6 Å². The van der Waals surface area contributed by atoms with Crippen molar-refractivity contribution in [3.05, 3.63) is 29.8 Å². The number of carbonyl (C=O) groups is 3. The second kappa shape index (κ2) is 7.59. The minimum absolute atomic E-state index is 0.0402. The summed E-state index contributed by atoms with van der Waals surface area (Å²) >= 11 is 0. The second-order valence-corrected chi connectivity index (χ2v) is 6.08. The first-order valence-electron chi connectivity index (χ1n) is 7.11. The SMILES string of the molecule is CC(C)(C)NC(=O)c1cccc(NC(=O)CCCC(=O)O)c1. The molecule has 0 heterocycles. The van der Waals surface area contributed by atoms with Crippen molar-refractivity contribution in [3.63, 3.8) is 0 Å². The molecular formula is C16H22N2O4. The molecule has 0 saturated heterocycles. The summed E-state index contributed by atoms with van der Waals surface area (Å²) in [5.74, 6) is -1.40. The second-order valence-electron chi connectivity index (χ2n) is 6.08. The molecule has 0 fully saturated rings. The van der Waals surface area contributed by atoms with Crippen molar-refractivity contribution < 1.29 is 19.5 Å². The molecule has 0 aliphatic heterocycles.